The number of nitrogens with zero attached hydrogens (tertiary/aromatic N) is 8. The summed E-state index contributed by atoms with van der Waals surface area (Å²) in [6.07, 6.45) is 9.01. The predicted molar refractivity (Wildman–Crippen MR) is 123 cm³/mol. The van der Waals surface area contributed by atoms with Gasteiger partial charge in [0.1, 0.15) is 17.2 Å². The SMILES string of the molecule is CN1C(=O)c2cc3cnc(Nc4ccc(N5CCN(C#N)CC5)cn4)nc3n2C2CCCC21. The third kappa shape index (κ3) is 3.23. The fourth-order valence-corrected chi connectivity index (χ4v) is 5.40. The highest BCUT2D eigenvalue weighted by Gasteiger charge is 2.41. The summed E-state index contributed by atoms with van der Waals surface area (Å²) in [5, 5.41) is 13.1. The number of hydrogen-bond donors (Lipinski definition) is 1. The smallest absolute Gasteiger partial charge is 0.270 e. The van der Waals surface area contributed by atoms with Crippen molar-refractivity contribution in [3.63, 3.8) is 0 Å². The van der Waals surface area contributed by atoms with Gasteiger partial charge < -0.3 is 24.6 Å². The molecule has 3 aromatic rings. The van der Waals surface area contributed by atoms with Gasteiger partial charge >= 0.3 is 0 Å². The molecular formula is C23H25N9O. The minimum absolute atomic E-state index is 0.0542. The minimum atomic E-state index is 0.0542. The molecule has 5 heterocycles. The number of aromatic nitrogens is 4. The van der Waals surface area contributed by atoms with Crippen LogP contribution in [0.2, 0.25) is 0 Å². The van der Waals surface area contributed by atoms with Gasteiger partial charge in [-0.15, -0.1) is 0 Å². The molecule has 1 saturated carbocycles. The normalized spacial score (nSPS) is 22.3. The van der Waals surface area contributed by atoms with Crippen LogP contribution in [0.5, 0.6) is 0 Å². The first-order chi connectivity index (χ1) is 16.1. The van der Waals surface area contributed by atoms with Crippen LogP contribution in [0.15, 0.2) is 30.6 Å². The Morgan fingerprint density at radius 1 is 1.09 bits per heavy atom. The maximum atomic E-state index is 12.9. The van der Waals surface area contributed by atoms with Crippen molar-refractivity contribution < 1.29 is 4.79 Å². The fraction of sp³-hybridized carbons (Fsp3) is 0.435. The number of likely N-dealkylation sites (N-methyl/N-ethyl adjacent to an activating group) is 1. The van der Waals surface area contributed by atoms with E-state index >= 15 is 0 Å². The van der Waals surface area contributed by atoms with Gasteiger partial charge in [0.15, 0.2) is 6.19 Å². The number of pyridine rings is 1. The number of anilines is 3. The Labute approximate surface area is 191 Å². The summed E-state index contributed by atoms with van der Waals surface area (Å²) in [6, 6.07) is 6.34. The second-order valence-corrected chi connectivity index (χ2v) is 8.95. The van der Waals surface area contributed by atoms with E-state index in [1.54, 1.807) is 11.1 Å². The van der Waals surface area contributed by atoms with Crippen LogP contribution in [0.1, 0.15) is 35.8 Å². The monoisotopic (exact) mass is 443 g/mol. The first-order valence-electron chi connectivity index (χ1n) is 11.4. The quantitative estimate of drug-likeness (QED) is 0.615. The summed E-state index contributed by atoms with van der Waals surface area (Å²) in [6.45, 7) is 3.06. The summed E-state index contributed by atoms with van der Waals surface area (Å²) >= 11 is 0. The van der Waals surface area contributed by atoms with Crippen LogP contribution in [0.3, 0.4) is 0 Å². The van der Waals surface area contributed by atoms with Crippen molar-refractivity contribution in [2.24, 2.45) is 0 Å². The molecule has 1 N–H and O–H groups in total. The van der Waals surface area contributed by atoms with E-state index in [1.807, 2.05) is 36.3 Å². The average molecular weight is 444 g/mol. The Hall–Kier alpha value is -3.87. The number of amides is 1. The first kappa shape index (κ1) is 19.8. The number of fused-ring (bicyclic) bond motifs is 5. The molecule has 10 nitrogen and oxygen atoms in total. The highest BCUT2D eigenvalue weighted by atomic mass is 16.2. The predicted octanol–water partition coefficient (Wildman–Crippen LogP) is 2.35. The van der Waals surface area contributed by atoms with E-state index in [4.69, 9.17) is 10.2 Å². The minimum Gasteiger partial charge on any atom is -0.367 e. The molecule has 2 fully saturated rings. The van der Waals surface area contributed by atoms with Gasteiger partial charge in [-0.1, -0.05) is 0 Å². The van der Waals surface area contributed by atoms with E-state index in [1.165, 1.54) is 0 Å². The average Bonchev–Trinajstić information content (AvgIpc) is 3.48. The second kappa shape index (κ2) is 7.62. The van der Waals surface area contributed by atoms with Crippen molar-refractivity contribution in [3.8, 4) is 6.19 Å². The lowest BCUT2D eigenvalue weighted by Gasteiger charge is -2.36. The molecule has 33 heavy (non-hydrogen) atoms. The standard InChI is InChI=1S/C23H25N9O/c1-29-17-3-2-4-18(17)32-19(22(29)33)11-15-12-26-23(28-21(15)32)27-20-6-5-16(13-25-20)31-9-7-30(14-24)8-10-31/h5-6,11-13,17-18H,2-4,7-10H2,1H3,(H,25,26,27,28). The number of carbonyl (C=O) groups is 1. The van der Waals surface area contributed by atoms with Crippen molar-refractivity contribution in [2.45, 2.75) is 31.3 Å². The maximum absolute atomic E-state index is 12.9. The summed E-state index contributed by atoms with van der Waals surface area (Å²) < 4.78 is 2.12. The number of carbonyl (C=O) groups excluding carboxylic acids is 1. The second-order valence-electron chi connectivity index (χ2n) is 8.95. The number of nitriles is 1. The lowest BCUT2D eigenvalue weighted by molar-refractivity contribution is 0.0632. The van der Waals surface area contributed by atoms with Gasteiger partial charge in [0.25, 0.3) is 5.91 Å². The Bertz CT molecular complexity index is 1250. The highest BCUT2D eigenvalue weighted by Crippen LogP contribution is 2.41. The van der Waals surface area contributed by atoms with Gasteiger partial charge in [0.05, 0.1) is 24.0 Å². The van der Waals surface area contributed by atoms with Crippen molar-refractivity contribution in [1.82, 2.24) is 29.3 Å². The van der Waals surface area contributed by atoms with Gasteiger partial charge in [-0.05, 0) is 37.5 Å². The number of piperazine rings is 1. The van der Waals surface area contributed by atoms with E-state index in [0.717, 1.165) is 62.2 Å². The van der Waals surface area contributed by atoms with E-state index in [9.17, 15) is 4.79 Å². The van der Waals surface area contributed by atoms with Gasteiger partial charge in [-0.3, -0.25) is 4.79 Å². The summed E-state index contributed by atoms with van der Waals surface area (Å²) in [4.78, 5) is 32.6. The topological polar surface area (TPSA) is 106 Å². The molecule has 2 atom stereocenters. The van der Waals surface area contributed by atoms with E-state index in [2.05, 4.69) is 30.9 Å². The maximum Gasteiger partial charge on any atom is 0.270 e. The summed E-state index contributed by atoms with van der Waals surface area (Å²) in [7, 11) is 1.91. The molecule has 0 radical (unpaired) electrons. The first-order valence-corrected chi connectivity index (χ1v) is 11.4. The Balaban J connectivity index is 1.25. The zero-order valence-corrected chi connectivity index (χ0v) is 18.5. The highest BCUT2D eigenvalue weighted by molar-refractivity contribution is 5.99. The molecule has 1 amide bonds. The van der Waals surface area contributed by atoms with Gasteiger partial charge in [-0.25, -0.2) is 9.97 Å². The number of hydrogen-bond acceptors (Lipinski definition) is 8. The van der Waals surface area contributed by atoms with Crippen molar-refractivity contribution in [1.29, 1.82) is 5.26 Å². The molecule has 3 aromatic heterocycles. The van der Waals surface area contributed by atoms with Crippen LogP contribution < -0.4 is 10.2 Å². The van der Waals surface area contributed by atoms with Crippen molar-refractivity contribution in [3.05, 3.63) is 36.3 Å². The molecule has 2 unspecified atom stereocenters. The van der Waals surface area contributed by atoms with Crippen molar-refractivity contribution >= 4 is 34.4 Å². The lowest BCUT2D eigenvalue weighted by Crippen LogP contribution is -2.46. The largest absolute Gasteiger partial charge is 0.367 e. The fourth-order valence-electron chi connectivity index (χ4n) is 5.40. The van der Waals surface area contributed by atoms with E-state index in [0.29, 0.717) is 17.5 Å². The van der Waals surface area contributed by atoms with Crippen LogP contribution in [0, 0.1) is 11.5 Å². The number of nitrogens with one attached hydrogen (secondary N) is 1. The molecule has 168 valence electrons. The van der Waals surface area contributed by atoms with E-state index < -0.39 is 0 Å². The third-order valence-electron chi connectivity index (χ3n) is 7.16. The lowest BCUT2D eigenvalue weighted by atomic mass is 10.1. The molecule has 2 aliphatic heterocycles. The summed E-state index contributed by atoms with van der Waals surface area (Å²) in [5.41, 5.74) is 2.53. The van der Waals surface area contributed by atoms with Crippen molar-refractivity contribution in [2.75, 3.05) is 43.4 Å². The van der Waals surface area contributed by atoms with Gasteiger partial charge in [-0.2, -0.15) is 10.2 Å². The van der Waals surface area contributed by atoms with Crippen LogP contribution in [-0.4, -0.2) is 74.5 Å². The van der Waals surface area contributed by atoms with Gasteiger partial charge in [0, 0.05) is 44.8 Å². The Morgan fingerprint density at radius 2 is 1.91 bits per heavy atom. The van der Waals surface area contributed by atoms with Gasteiger partial charge in [0.2, 0.25) is 5.95 Å². The van der Waals surface area contributed by atoms with Crippen LogP contribution in [0.25, 0.3) is 11.0 Å². The summed E-state index contributed by atoms with van der Waals surface area (Å²) in [5.74, 6) is 1.18. The number of rotatable bonds is 3. The zero-order chi connectivity index (χ0) is 22.5. The van der Waals surface area contributed by atoms with Crippen LogP contribution >= 0.6 is 0 Å². The molecule has 1 aliphatic carbocycles. The molecule has 3 aliphatic rings. The van der Waals surface area contributed by atoms with Crippen LogP contribution in [-0.2, 0) is 0 Å². The molecular weight excluding hydrogens is 418 g/mol. The Kier molecular flexibility index (Phi) is 4.57. The molecule has 10 heteroatoms. The third-order valence-corrected chi connectivity index (χ3v) is 7.16. The molecule has 0 bridgehead atoms. The van der Waals surface area contributed by atoms with E-state index in [-0.39, 0.29) is 18.0 Å². The zero-order valence-electron chi connectivity index (χ0n) is 18.5. The van der Waals surface area contributed by atoms with Crippen LogP contribution in [0.4, 0.5) is 17.5 Å². The molecule has 0 spiro atoms. The molecule has 6 rings (SSSR count). The Morgan fingerprint density at radius 3 is 2.67 bits per heavy atom. The molecule has 1 saturated heterocycles. The molecule has 0 aromatic carbocycles.